The maximum Gasteiger partial charge on any atom is 0.241 e. The first kappa shape index (κ1) is 12.7. The van der Waals surface area contributed by atoms with Gasteiger partial charge in [-0.3, -0.25) is 9.78 Å². The molecule has 0 N–H and O–H groups in total. The van der Waals surface area contributed by atoms with Gasteiger partial charge >= 0.3 is 0 Å². The molecule has 92 valence electrons. The fourth-order valence-corrected chi connectivity index (χ4v) is 1.70. The van der Waals surface area contributed by atoms with Gasteiger partial charge in [-0.1, -0.05) is 36.9 Å². The summed E-state index contributed by atoms with van der Waals surface area (Å²) in [6, 6.07) is 11.0. The van der Waals surface area contributed by atoms with Gasteiger partial charge in [0.15, 0.2) is 6.20 Å². The highest BCUT2D eigenvalue weighted by Gasteiger charge is 2.18. The molecule has 0 aliphatic heterocycles. The van der Waals surface area contributed by atoms with E-state index in [1.807, 2.05) is 24.3 Å². The van der Waals surface area contributed by atoms with Crippen LogP contribution in [0.4, 0.5) is 0 Å². The minimum Gasteiger partial charge on any atom is -0.287 e. The van der Waals surface area contributed by atoms with Gasteiger partial charge in [0, 0.05) is 5.56 Å². The van der Waals surface area contributed by atoms with Gasteiger partial charge in [-0.05, 0) is 0 Å². The minimum atomic E-state index is -0.0243. The number of ketones is 1. The van der Waals surface area contributed by atoms with Crippen LogP contribution in [0.25, 0.3) is 5.57 Å². The van der Waals surface area contributed by atoms with Crippen LogP contribution in [0.1, 0.15) is 16.1 Å². The lowest BCUT2D eigenvalue weighted by molar-refractivity contribution is -0.685. The van der Waals surface area contributed by atoms with E-state index in [-0.39, 0.29) is 17.9 Å². The van der Waals surface area contributed by atoms with E-state index in [9.17, 15) is 4.79 Å². The number of carbonyl (C=O) groups is 1. The van der Waals surface area contributed by atoms with E-state index < -0.39 is 0 Å². The maximum absolute atomic E-state index is 12.1. The Morgan fingerprint density at radius 2 is 2.11 bits per heavy atom. The fraction of sp³-hybridized carbons (Fsp3) is 0.0667. The van der Waals surface area contributed by atoms with Crippen LogP contribution in [0.3, 0.4) is 0 Å². The van der Waals surface area contributed by atoms with E-state index in [0.717, 1.165) is 0 Å². The van der Waals surface area contributed by atoms with E-state index in [1.54, 1.807) is 29.1 Å². The Kier molecular flexibility index (Phi) is 3.79. The van der Waals surface area contributed by atoms with Crippen LogP contribution in [0, 0.1) is 11.3 Å². The zero-order valence-electron chi connectivity index (χ0n) is 10.3. The van der Waals surface area contributed by atoms with Gasteiger partial charge in [-0.15, -0.1) is 0 Å². The number of carbonyl (C=O) groups excluding carboxylic acids is 1. The molecule has 4 heteroatoms. The smallest absolute Gasteiger partial charge is 0.241 e. The van der Waals surface area contributed by atoms with Crippen molar-refractivity contribution in [1.29, 1.82) is 5.26 Å². The topological polar surface area (TPSA) is 57.6 Å². The van der Waals surface area contributed by atoms with Crippen molar-refractivity contribution in [2.45, 2.75) is 6.54 Å². The summed E-state index contributed by atoms with van der Waals surface area (Å²) >= 11 is 0. The molecule has 1 aromatic heterocycles. The molecule has 1 aromatic carbocycles. The van der Waals surface area contributed by atoms with Crippen molar-refractivity contribution >= 4 is 11.4 Å². The van der Waals surface area contributed by atoms with Crippen molar-refractivity contribution in [2.24, 2.45) is 0 Å². The number of Topliss-reactive ketones (excluding diaryl/α,β-unsaturated/α-hetero) is 1. The summed E-state index contributed by atoms with van der Waals surface area (Å²) in [5.41, 5.74) is 1.48. The molecule has 0 saturated carbocycles. The average Bonchev–Trinajstić information content (AvgIpc) is 2.48. The zero-order valence-corrected chi connectivity index (χ0v) is 10.3. The molecule has 0 aliphatic rings. The Morgan fingerprint density at radius 1 is 1.37 bits per heavy atom. The van der Waals surface area contributed by atoms with Crippen LogP contribution in [0.15, 0.2) is 55.5 Å². The normalized spacial score (nSPS) is 9.63. The van der Waals surface area contributed by atoms with Gasteiger partial charge in [0.2, 0.25) is 18.0 Å². The van der Waals surface area contributed by atoms with Gasteiger partial charge in [0.1, 0.15) is 17.8 Å². The predicted molar refractivity (Wildman–Crippen MR) is 69.9 cm³/mol. The average molecular weight is 250 g/mol. The van der Waals surface area contributed by atoms with Crippen LogP contribution in [-0.4, -0.2) is 10.8 Å². The van der Waals surface area contributed by atoms with Gasteiger partial charge in [0.25, 0.3) is 0 Å². The quantitative estimate of drug-likeness (QED) is 0.472. The molecule has 1 heterocycles. The second-order valence-electron chi connectivity index (χ2n) is 3.97. The summed E-state index contributed by atoms with van der Waals surface area (Å²) < 4.78 is 1.67. The minimum absolute atomic E-state index is 0.0243. The number of rotatable bonds is 4. The number of nitrogens with zero attached hydrogens (tertiary/aromatic N) is 3. The van der Waals surface area contributed by atoms with Crippen molar-refractivity contribution < 1.29 is 9.36 Å². The summed E-state index contributed by atoms with van der Waals surface area (Å²) in [4.78, 5) is 16.1. The molecule has 0 atom stereocenters. The van der Waals surface area contributed by atoms with E-state index in [2.05, 4.69) is 11.6 Å². The van der Waals surface area contributed by atoms with Crippen molar-refractivity contribution in [2.75, 3.05) is 0 Å². The molecule has 0 fully saturated rings. The summed E-state index contributed by atoms with van der Waals surface area (Å²) in [6.45, 7) is 3.81. The summed E-state index contributed by atoms with van der Waals surface area (Å²) in [5, 5.41) is 8.89. The number of aromatic nitrogens is 2. The molecule has 0 saturated heterocycles. The fourth-order valence-electron chi connectivity index (χ4n) is 1.70. The predicted octanol–water partition coefficient (Wildman–Crippen LogP) is 1.79. The Morgan fingerprint density at radius 3 is 2.79 bits per heavy atom. The molecule has 4 nitrogen and oxygen atoms in total. The summed E-state index contributed by atoms with van der Waals surface area (Å²) in [6.07, 6.45) is 4.77. The number of hydrogen-bond acceptors (Lipinski definition) is 3. The zero-order chi connectivity index (χ0) is 13.7. The molecule has 0 amide bonds. The Labute approximate surface area is 111 Å². The van der Waals surface area contributed by atoms with E-state index in [0.29, 0.717) is 11.3 Å². The Balaban J connectivity index is 2.28. The molecule has 2 aromatic rings. The molecule has 0 unspecified atom stereocenters. The Hall–Kier alpha value is -2.80. The SMILES string of the molecule is C=C(C#N)c1cncc[n+]1CC(=O)c1ccccc1. The van der Waals surface area contributed by atoms with Gasteiger partial charge in [-0.25, -0.2) is 0 Å². The first-order chi connectivity index (χ1) is 9.22. The monoisotopic (exact) mass is 250 g/mol. The van der Waals surface area contributed by atoms with Gasteiger partial charge in [0.05, 0.1) is 6.20 Å². The van der Waals surface area contributed by atoms with E-state index in [1.165, 1.54) is 6.20 Å². The molecule has 0 bridgehead atoms. The number of allylic oxidation sites excluding steroid dienone is 1. The molecule has 2 rings (SSSR count). The van der Waals surface area contributed by atoms with Crippen molar-refractivity contribution in [3.8, 4) is 6.07 Å². The third kappa shape index (κ3) is 2.90. The standard InChI is InChI=1S/C15H12N3O/c1-12(9-16)14-10-17-7-8-18(14)11-15(19)13-5-3-2-4-6-13/h2-8,10H,1,11H2/q+1. The molecule has 19 heavy (non-hydrogen) atoms. The third-order valence-electron chi connectivity index (χ3n) is 2.69. The molecule has 0 radical (unpaired) electrons. The van der Waals surface area contributed by atoms with Gasteiger partial charge < -0.3 is 0 Å². The second-order valence-corrected chi connectivity index (χ2v) is 3.97. The number of hydrogen-bond donors (Lipinski definition) is 0. The lowest BCUT2D eigenvalue weighted by Gasteiger charge is -2.01. The van der Waals surface area contributed by atoms with E-state index >= 15 is 0 Å². The highest BCUT2D eigenvalue weighted by atomic mass is 16.1. The number of benzene rings is 1. The highest BCUT2D eigenvalue weighted by molar-refractivity contribution is 5.95. The summed E-state index contributed by atoms with van der Waals surface area (Å²) in [5.74, 6) is -0.0243. The lowest BCUT2D eigenvalue weighted by atomic mass is 10.1. The number of nitriles is 1. The lowest BCUT2D eigenvalue weighted by Crippen LogP contribution is -2.41. The van der Waals surface area contributed by atoms with Crippen LogP contribution in [0.5, 0.6) is 0 Å². The van der Waals surface area contributed by atoms with Crippen LogP contribution in [0.2, 0.25) is 0 Å². The largest absolute Gasteiger partial charge is 0.287 e. The Bertz CT molecular complexity index is 657. The van der Waals surface area contributed by atoms with Crippen LogP contribution in [-0.2, 0) is 6.54 Å². The molecular formula is C15H12N3O+. The third-order valence-corrected chi connectivity index (χ3v) is 2.69. The van der Waals surface area contributed by atoms with Crippen molar-refractivity contribution in [1.82, 2.24) is 4.98 Å². The van der Waals surface area contributed by atoms with Crippen LogP contribution >= 0.6 is 0 Å². The van der Waals surface area contributed by atoms with E-state index in [4.69, 9.17) is 5.26 Å². The van der Waals surface area contributed by atoms with Crippen molar-refractivity contribution in [3.05, 3.63) is 66.8 Å². The summed E-state index contributed by atoms with van der Waals surface area (Å²) in [7, 11) is 0. The van der Waals surface area contributed by atoms with Crippen molar-refractivity contribution in [3.63, 3.8) is 0 Å². The first-order valence-electron chi connectivity index (χ1n) is 5.73. The molecular weight excluding hydrogens is 238 g/mol. The maximum atomic E-state index is 12.1. The first-order valence-corrected chi connectivity index (χ1v) is 5.73. The van der Waals surface area contributed by atoms with Gasteiger partial charge in [-0.2, -0.15) is 9.83 Å². The molecule has 0 aliphatic carbocycles. The second kappa shape index (κ2) is 5.69. The van der Waals surface area contributed by atoms with Crippen LogP contribution < -0.4 is 4.57 Å². The molecule has 0 spiro atoms. The highest BCUT2D eigenvalue weighted by Crippen LogP contribution is 2.05.